The summed E-state index contributed by atoms with van der Waals surface area (Å²) in [4.78, 5) is 30.1. The van der Waals surface area contributed by atoms with Gasteiger partial charge in [0.05, 0.1) is 16.4 Å². The Morgan fingerprint density at radius 1 is 1.00 bits per heavy atom. The minimum absolute atomic E-state index is 0.218. The number of aromatic nitrogens is 5. The van der Waals surface area contributed by atoms with E-state index in [9.17, 15) is 9.59 Å². The summed E-state index contributed by atoms with van der Waals surface area (Å²) in [5.41, 5.74) is 2.04. The standard InChI is InChI=1S/C22H22N6O2/c29-20(14-27-21(30)16-10-4-5-11-17(16)25-26-27)24-22-23-18-12-6-7-13-19(18)28(22)15-8-2-1-3-9-15/h4-7,10-13,15H,1-3,8-9,14H2,(H,23,24,29). The second kappa shape index (κ2) is 7.70. The zero-order valence-electron chi connectivity index (χ0n) is 16.5. The van der Waals surface area contributed by atoms with Crippen molar-refractivity contribution in [3.63, 3.8) is 0 Å². The van der Waals surface area contributed by atoms with E-state index in [1.165, 1.54) is 19.3 Å². The first kappa shape index (κ1) is 18.5. The molecule has 8 heteroatoms. The molecule has 4 aromatic rings. The van der Waals surface area contributed by atoms with Crippen LogP contribution in [0.3, 0.4) is 0 Å². The van der Waals surface area contributed by atoms with Gasteiger partial charge in [-0.2, -0.15) is 0 Å². The number of rotatable bonds is 4. The molecular weight excluding hydrogens is 380 g/mol. The Morgan fingerprint density at radius 3 is 2.57 bits per heavy atom. The van der Waals surface area contributed by atoms with Gasteiger partial charge in [0.2, 0.25) is 11.9 Å². The first-order chi connectivity index (χ1) is 14.7. The number of fused-ring (bicyclic) bond motifs is 2. The second-order valence-electron chi connectivity index (χ2n) is 7.70. The third-order valence-corrected chi connectivity index (χ3v) is 5.71. The molecule has 0 aliphatic heterocycles. The van der Waals surface area contributed by atoms with E-state index in [2.05, 4.69) is 25.2 Å². The highest BCUT2D eigenvalue weighted by atomic mass is 16.2. The van der Waals surface area contributed by atoms with Gasteiger partial charge < -0.3 is 4.57 Å². The molecule has 1 saturated carbocycles. The van der Waals surface area contributed by atoms with Crippen LogP contribution in [-0.2, 0) is 11.3 Å². The zero-order valence-corrected chi connectivity index (χ0v) is 16.5. The SMILES string of the molecule is O=C(Cn1nnc2ccccc2c1=O)Nc1nc2ccccc2n1C1CCCCC1. The van der Waals surface area contributed by atoms with Gasteiger partial charge in [0.25, 0.3) is 5.56 Å². The molecule has 30 heavy (non-hydrogen) atoms. The number of nitrogens with zero attached hydrogens (tertiary/aromatic N) is 5. The molecule has 2 aromatic heterocycles. The zero-order chi connectivity index (χ0) is 20.5. The normalized spacial score (nSPS) is 14.9. The fourth-order valence-electron chi connectivity index (χ4n) is 4.27. The van der Waals surface area contributed by atoms with Crippen LogP contribution >= 0.6 is 0 Å². The molecule has 1 N–H and O–H groups in total. The first-order valence-electron chi connectivity index (χ1n) is 10.3. The summed E-state index contributed by atoms with van der Waals surface area (Å²) in [5, 5.41) is 11.3. The van der Waals surface area contributed by atoms with Crippen molar-refractivity contribution in [2.45, 2.75) is 44.7 Å². The number of hydrogen-bond acceptors (Lipinski definition) is 5. The fourth-order valence-corrected chi connectivity index (χ4v) is 4.27. The molecule has 1 fully saturated rings. The van der Waals surface area contributed by atoms with Crippen molar-refractivity contribution in [1.29, 1.82) is 0 Å². The van der Waals surface area contributed by atoms with E-state index in [0.717, 1.165) is 28.6 Å². The van der Waals surface area contributed by atoms with Gasteiger partial charge in [-0.15, -0.1) is 5.10 Å². The van der Waals surface area contributed by atoms with Crippen molar-refractivity contribution >= 4 is 33.8 Å². The Labute approximate surface area is 172 Å². The topological polar surface area (TPSA) is 94.7 Å². The monoisotopic (exact) mass is 402 g/mol. The predicted molar refractivity (Wildman–Crippen MR) is 114 cm³/mol. The van der Waals surface area contributed by atoms with Crippen LogP contribution < -0.4 is 10.9 Å². The number of carbonyl (C=O) groups excluding carboxylic acids is 1. The molecule has 0 saturated heterocycles. The average molecular weight is 402 g/mol. The largest absolute Gasteiger partial charge is 0.307 e. The Balaban J connectivity index is 1.45. The lowest BCUT2D eigenvalue weighted by Crippen LogP contribution is -2.31. The van der Waals surface area contributed by atoms with Crippen molar-refractivity contribution in [2.75, 3.05) is 5.32 Å². The molecule has 0 radical (unpaired) electrons. The highest BCUT2D eigenvalue weighted by Crippen LogP contribution is 2.34. The van der Waals surface area contributed by atoms with E-state index in [4.69, 9.17) is 0 Å². The summed E-state index contributed by atoms with van der Waals surface area (Å²) in [6.45, 7) is -0.218. The number of hydrogen-bond donors (Lipinski definition) is 1. The van der Waals surface area contributed by atoms with E-state index in [1.807, 2.05) is 24.3 Å². The van der Waals surface area contributed by atoms with Gasteiger partial charge in [0.15, 0.2) is 0 Å². The summed E-state index contributed by atoms with van der Waals surface area (Å²) in [6.07, 6.45) is 5.73. The maximum absolute atomic E-state index is 12.8. The Kier molecular flexibility index (Phi) is 4.74. The van der Waals surface area contributed by atoms with Crippen molar-refractivity contribution in [2.24, 2.45) is 0 Å². The quantitative estimate of drug-likeness (QED) is 0.565. The molecule has 2 aromatic carbocycles. The van der Waals surface area contributed by atoms with E-state index in [0.29, 0.717) is 22.9 Å². The molecule has 1 aliphatic rings. The van der Waals surface area contributed by atoms with Crippen molar-refractivity contribution in [1.82, 2.24) is 24.5 Å². The average Bonchev–Trinajstić information content (AvgIpc) is 3.14. The molecule has 1 amide bonds. The number of carbonyl (C=O) groups is 1. The number of nitrogens with one attached hydrogen (secondary N) is 1. The van der Waals surface area contributed by atoms with Crippen LogP contribution in [0.15, 0.2) is 53.3 Å². The van der Waals surface area contributed by atoms with Crippen molar-refractivity contribution in [3.8, 4) is 0 Å². The third kappa shape index (κ3) is 3.34. The number of benzene rings is 2. The Morgan fingerprint density at radius 2 is 1.73 bits per heavy atom. The summed E-state index contributed by atoms with van der Waals surface area (Å²) in [6, 6.07) is 15.2. The second-order valence-corrected chi connectivity index (χ2v) is 7.70. The molecule has 2 heterocycles. The minimum atomic E-state index is -0.353. The Hall–Kier alpha value is -3.55. The number of imidazole rings is 1. The molecular formula is C22H22N6O2. The first-order valence-corrected chi connectivity index (χ1v) is 10.3. The molecule has 0 unspecified atom stereocenters. The van der Waals surface area contributed by atoms with E-state index >= 15 is 0 Å². The summed E-state index contributed by atoms with van der Waals surface area (Å²) in [7, 11) is 0. The minimum Gasteiger partial charge on any atom is -0.307 e. The van der Waals surface area contributed by atoms with Gasteiger partial charge in [0.1, 0.15) is 12.1 Å². The lowest BCUT2D eigenvalue weighted by Gasteiger charge is -2.25. The van der Waals surface area contributed by atoms with Crippen LogP contribution in [0.25, 0.3) is 21.9 Å². The Bertz CT molecular complexity index is 1290. The number of para-hydroxylation sites is 2. The fraction of sp³-hybridized carbons (Fsp3) is 0.318. The summed E-state index contributed by atoms with van der Waals surface area (Å²) in [5.74, 6) is 0.170. The highest BCUT2D eigenvalue weighted by Gasteiger charge is 2.22. The van der Waals surface area contributed by atoms with Gasteiger partial charge in [-0.3, -0.25) is 14.9 Å². The predicted octanol–water partition coefficient (Wildman–Crippen LogP) is 3.29. The number of amides is 1. The van der Waals surface area contributed by atoms with Gasteiger partial charge in [-0.05, 0) is 37.1 Å². The highest BCUT2D eigenvalue weighted by molar-refractivity contribution is 5.91. The van der Waals surface area contributed by atoms with Gasteiger partial charge in [-0.1, -0.05) is 48.7 Å². The van der Waals surface area contributed by atoms with Crippen molar-refractivity contribution < 1.29 is 4.79 Å². The summed E-state index contributed by atoms with van der Waals surface area (Å²) >= 11 is 0. The van der Waals surface area contributed by atoms with Gasteiger partial charge in [-0.25, -0.2) is 9.67 Å². The van der Waals surface area contributed by atoms with Crippen LogP contribution in [0, 0.1) is 0 Å². The van der Waals surface area contributed by atoms with Crippen molar-refractivity contribution in [3.05, 3.63) is 58.9 Å². The van der Waals surface area contributed by atoms with Crippen LogP contribution in [0.5, 0.6) is 0 Å². The van der Waals surface area contributed by atoms with E-state index < -0.39 is 0 Å². The maximum atomic E-state index is 12.8. The lowest BCUT2D eigenvalue weighted by atomic mass is 9.95. The molecule has 0 bridgehead atoms. The van der Waals surface area contributed by atoms with Gasteiger partial charge >= 0.3 is 0 Å². The number of anilines is 1. The smallest absolute Gasteiger partial charge is 0.278 e. The molecule has 8 nitrogen and oxygen atoms in total. The molecule has 0 spiro atoms. The van der Waals surface area contributed by atoms with Gasteiger partial charge in [0, 0.05) is 6.04 Å². The molecule has 1 aliphatic carbocycles. The van der Waals surface area contributed by atoms with Crippen LogP contribution in [-0.4, -0.2) is 30.5 Å². The third-order valence-electron chi connectivity index (χ3n) is 5.71. The molecule has 5 rings (SSSR count). The van der Waals surface area contributed by atoms with Crippen LogP contribution in [0.1, 0.15) is 38.1 Å². The van der Waals surface area contributed by atoms with Crippen LogP contribution in [0.4, 0.5) is 5.95 Å². The molecule has 152 valence electrons. The van der Waals surface area contributed by atoms with E-state index in [1.54, 1.807) is 24.3 Å². The van der Waals surface area contributed by atoms with Crippen LogP contribution in [0.2, 0.25) is 0 Å². The van der Waals surface area contributed by atoms with E-state index in [-0.39, 0.29) is 18.0 Å². The molecule has 0 atom stereocenters. The maximum Gasteiger partial charge on any atom is 0.278 e. The lowest BCUT2D eigenvalue weighted by molar-refractivity contribution is -0.117. The summed E-state index contributed by atoms with van der Waals surface area (Å²) < 4.78 is 3.23.